The van der Waals surface area contributed by atoms with Crippen molar-refractivity contribution in [2.24, 2.45) is 40.9 Å². The van der Waals surface area contributed by atoms with Gasteiger partial charge in [0.1, 0.15) is 0 Å². The van der Waals surface area contributed by atoms with Crippen LogP contribution in [0.5, 0.6) is 0 Å². The van der Waals surface area contributed by atoms with Crippen LogP contribution in [0, 0.1) is 40.9 Å². The minimum atomic E-state index is -0.176. The molecule has 5 unspecified atom stereocenters. The number of aliphatic hydroxyl groups is 1. The third kappa shape index (κ3) is 2.00. The van der Waals surface area contributed by atoms with Crippen molar-refractivity contribution in [2.45, 2.75) is 64.9 Å². The molecule has 0 radical (unpaired) electrons. The molecule has 8 atom stereocenters. The zero-order valence-electron chi connectivity index (χ0n) is 14.3. The van der Waals surface area contributed by atoms with Crippen molar-refractivity contribution < 1.29 is 5.11 Å². The standard InChI is InChI=1S/C21H32O/c1-4-14-5-7-18-17-8-6-15-12-16(22)9-10-21(15,3)19(17)11-13(2)20(14)18/h4,12-14,16-20,22H,1,5-11H2,2-3H3/t13-,14+,16?,17?,18?,19?,20?,21+/m1/s1. The minimum absolute atomic E-state index is 0.176. The highest BCUT2D eigenvalue weighted by atomic mass is 16.3. The summed E-state index contributed by atoms with van der Waals surface area (Å²) in [6.07, 6.45) is 13.3. The molecule has 0 aromatic heterocycles. The fourth-order valence-electron chi connectivity index (χ4n) is 7.11. The fraction of sp³-hybridized carbons (Fsp3) is 0.810. The molecule has 0 heterocycles. The van der Waals surface area contributed by atoms with Crippen LogP contribution in [0.15, 0.2) is 24.3 Å². The highest BCUT2D eigenvalue weighted by Gasteiger charge is 2.55. The van der Waals surface area contributed by atoms with Crippen LogP contribution in [0.25, 0.3) is 0 Å². The number of fused-ring (bicyclic) bond motifs is 5. The summed E-state index contributed by atoms with van der Waals surface area (Å²) in [4.78, 5) is 0. The average molecular weight is 300 g/mol. The van der Waals surface area contributed by atoms with Gasteiger partial charge in [-0.3, -0.25) is 0 Å². The number of aliphatic hydroxyl groups excluding tert-OH is 1. The Hall–Kier alpha value is -0.560. The molecule has 0 spiro atoms. The van der Waals surface area contributed by atoms with Crippen molar-refractivity contribution in [3.8, 4) is 0 Å². The van der Waals surface area contributed by atoms with Crippen LogP contribution in [0.2, 0.25) is 0 Å². The third-order valence-electron chi connectivity index (χ3n) is 8.13. The Morgan fingerprint density at radius 2 is 2.05 bits per heavy atom. The lowest BCUT2D eigenvalue weighted by Crippen LogP contribution is -2.49. The van der Waals surface area contributed by atoms with Crippen LogP contribution >= 0.6 is 0 Å². The van der Waals surface area contributed by atoms with Crippen LogP contribution in [0.1, 0.15) is 58.8 Å². The van der Waals surface area contributed by atoms with E-state index in [1.807, 2.05) is 0 Å². The van der Waals surface area contributed by atoms with Gasteiger partial charge in [-0.2, -0.15) is 0 Å². The van der Waals surface area contributed by atoms with Crippen LogP contribution in [-0.2, 0) is 0 Å². The first-order chi connectivity index (χ1) is 10.5. The van der Waals surface area contributed by atoms with Gasteiger partial charge in [0, 0.05) is 0 Å². The van der Waals surface area contributed by atoms with Gasteiger partial charge in [-0.15, -0.1) is 6.58 Å². The van der Waals surface area contributed by atoms with E-state index in [0.29, 0.717) is 5.41 Å². The molecule has 122 valence electrons. The summed E-state index contributed by atoms with van der Waals surface area (Å²) in [7, 11) is 0. The topological polar surface area (TPSA) is 20.2 Å². The van der Waals surface area contributed by atoms with Gasteiger partial charge in [0.05, 0.1) is 6.10 Å². The number of hydrogen-bond acceptors (Lipinski definition) is 1. The Bertz CT molecular complexity index is 492. The minimum Gasteiger partial charge on any atom is -0.389 e. The maximum atomic E-state index is 10.0. The first-order valence-electron chi connectivity index (χ1n) is 9.56. The van der Waals surface area contributed by atoms with E-state index >= 15 is 0 Å². The summed E-state index contributed by atoms with van der Waals surface area (Å²) in [5.74, 6) is 5.27. The highest BCUT2D eigenvalue weighted by Crippen LogP contribution is 2.64. The van der Waals surface area contributed by atoms with E-state index in [-0.39, 0.29) is 6.10 Å². The molecule has 0 saturated heterocycles. The smallest absolute Gasteiger partial charge is 0.0724 e. The second kappa shape index (κ2) is 5.23. The summed E-state index contributed by atoms with van der Waals surface area (Å²) in [5.41, 5.74) is 1.98. The van der Waals surface area contributed by atoms with Crippen molar-refractivity contribution in [3.05, 3.63) is 24.3 Å². The Morgan fingerprint density at radius 1 is 1.23 bits per heavy atom. The molecule has 4 aliphatic rings. The second-order valence-electron chi connectivity index (χ2n) is 8.96. The van der Waals surface area contributed by atoms with Crippen molar-refractivity contribution in [1.82, 2.24) is 0 Å². The summed E-state index contributed by atoms with van der Waals surface area (Å²) in [5, 5.41) is 10.0. The first kappa shape index (κ1) is 15.0. The molecule has 4 aliphatic carbocycles. The normalized spacial score (nSPS) is 54.0. The molecule has 0 bridgehead atoms. The van der Waals surface area contributed by atoms with Gasteiger partial charge in [-0.05, 0) is 85.9 Å². The lowest BCUT2D eigenvalue weighted by atomic mass is 9.48. The van der Waals surface area contributed by atoms with Gasteiger partial charge in [0.2, 0.25) is 0 Å². The molecular weight excluding hydrogens is 268 g/mol. The molecule has 1 nitrogen and oxygen atoms in total. The highest BCUT2D eigenvalue weighted by molar-refractivity contribution is 5.25. The van der Waals surface area contributed by atoms with Crippen LogP contribution in [-0.4, -0.2) is 11.2 Å². The summed E-state index contributed by atoms with van der Waals surface area (Å²) >= 11 is 0. The number of rotatable bonds is 1. The Balaban J connectivity index is 1.67. The molecule has 1 heteroatoms. The average Bonchev–Trinajstić information content (AvgIpc) is 2.94. The second-order valence-corrected chi connectivity index (χ2v) is 8.96. The van der Waals surface area contributed by atoms with Crippen LogP contribution in [0.4, 0.5) is 0 Å². The zero-order valence-corrected chi connectivity index (χ0v) is 14.3. The van der Waals surface area contributed by atoms with E-state index in [0.717, 1.165) is 41.9 Å². The predicted molar refractivity (Wildman–Crippen MR) is 91.3 cm³/mol. The maximum absolute atomic E-state index is 10.0. The maximum Gasteiger partial charge on any atom is 0.0724 e. The van der Waals surface area contributed by atoms with Crippen LogP contribution < -0.4 is 0 Å². The van der Waals surface area contributed by atoms with Gasteiger partial charge < -0.3 is 5.11 Å². The predicted octanol–water partition coefficient (Wildman–Crippen LogP) is 4.97. The summed E-state index contributed by atoms with van der Waals surface area (Å²) in [6.45, 7) is 9.15. The van der Waals surface area contributed by atoms with E-state index in [4.69, 9.17) is 0 Å². The van der Waals surface area contributed by atoms with Crippen molar-refractivity contribution in [1.29, 1.82) is 0 Å². The van der Waals surface area contributed by atoms with Gasteiger partial charge in [0.25, 0.3) is 0 Å². The van der Waals surface area contributed by atoms with E-state index in [2.05, 4.69) is 32.6 Å². The van der Waals surface area contributed by atoms with Crippen molar-refractivity contribution in [2.75, 3.05) is 0 Å². The molecule has 0 aliphatic heterocycles. The van der Waals surface area contributed by atoms with Gasteiger partial charge in [-0.25, -0.2) is 0 Å². The molecular formula is C21H32O. The van der Waals surface area contributed by atoms with Gasteiger partial charge in [0.15, 0.2) is 0 Å². The van der Waals surface area contributed by atoms with Gasteiger partial charge in [-0.1, -0.05) is 31.6 Å². The molecule has 0 amide bonds. The van der Waals surface area contributed by atoms with Crippen molar-refractivity contribution in [3.63, 3.8) is 0 Å². The zero-order chi connectivity index (χ0) is 15.5. The largest absolute Gasteiger partial charge is 0.389 e. The Kier molecular flexibility index (Phi) is 3.56. The van der Waals surface area contributed by atoms with E-state index < -0.39 is 0 Å². The SMILES string of the molecule is C=C[C@H]1CCC2C3CCC4=CC(O)CC[C@]4(C)C3C[C@@H](C)C21. The van der Waals surface area contributed by atoms with E-state index in [1.165, 1.54) is 38.5 Å². The summed E-state index contributed by atoms with van der Waals surface area (Å²) < 4.78 is 0. The quantitative estimate of drug-likeness (QED) is 0.678. The lowest BCUT2D eigenvalue weighted by Gasteiger charge is -2.57. The van der Waals surface area contributed by atoms with E-state index in [1.54, 1.807) is 5.57 Å². The number of hydrogen-bond donors (Lipinski definition) is 1. The fourth-order valence-corrected chi connectivity index (χ4v) is 7.11. The molecule has 3 fully saturated rings. The number of allylic oxidation sites excluding steroid dienone is 2. The lowest BCUT2D eigenvalue weighted by molar-refractivity contribution is -0.0369. The molecule has 0 aromatic rings. The third-order valence-corrected chi connectivity index (χ3v) is 8.13. The Morgan fingerprint density at radius 3 is 2.82 bits per heavy atom. The van der Waals surface area contributed by atoms with Gasteiger partial charge >= 0.3 is 0 Å². The first-order valence-corrected chi connectivity index (χ1v) is 9.56. The Labute approximate surface area is 135 Å². The van der Waals surface area contributed by atoms with Crippen molar-refractivity contribution >= 4 is 0 Å². The molecule has 1 N–H and O–H groups in total. The van der Waals surface area contributed by atoms with E-state index in [9.17, 15) is 5.11 Å². The van der Waals surface area contributed by atoms with Crippen LogP contribution in [0.3, 0.4) is 0 Å². The molecule has 22 heavy (non-hydrogen) atoms. The molecule has 4 rings (SSSR count). The monoisotopic (exact) mass is 300 g/mol. The molecule has 3 saturated carbocycles. The molecule has 0 aromatic carbocycles. The summed E-state index contributed by atoms with van der Waals surface area (Å²) in [6, 6.07) is 0.